The van der Waals surface area contributed by atoms with E-state index in [4.69, 9.17) is 0 Å². The predicted octanol–water partition coefficient (Wildman–Crippen LogP) is 1.65. The molecule has 2 heterocycles. The predicted molar refractivity (Wildman–Crippen MR) is 80.5 cm³/mol. The summed E-state index contributed by atoms with van der Waals surface area (Å²) in [6.45, 7) is 5.28. The Morgan fingerprint density at radius 3 is 3.30 bits per heavy atom. The lowest BCUT2D eigenvalue weighted by atomic mass is 10.2. The second-order valence-corrected chi connectivity index (χ2v) is 5.60. The Labute approximate surface area is 121 Å². The monoisotopic (exact) mass is 291 g/mol. The zero-order valence-electron chi connectivity index (χ0n) is 11.3. The lowest BCUT2D eigenvalue weighted by Gasteiger charge is -2.31. The van der Waals surface area contributed by atoms with Gasteiger partial charge in [-0.2, -0.15) is 8.73 Å². The highest BCUT2D eigenvalue weighted by Crippen LogP contribution is 2.38. The molecule has 0 unspecified atom stereocenters. The van der Waals surface area contributed by atoms with E-state index in [0.717, 1.165) is 48.1 Å². The topological polar surface area (TPSA) is 69.1 Å². The first-order chi connectivity index (χ1) is 9.72. The van der Waals surface area contributed by atoms with Crippen molar-refractivity contribution in [1.82, 2.24) is 10.2 Å². The Bertz CT molecular complexity index is 596. The number of piperazine rings is 1. The summed E-state index contributed by atoms with van der Waals surface area (Å²) >= 11 is 1.16. The zero-order chi connectivity index (χ0) is 13.9. The SMILES string of the molecule is C[C@H]1CN(CC(=O)Nc2cccc3c2N=S=N3)CCN1. The number of carbonyl (C=O) groups is 1. The largest absolute Gasteiger partial charge is 0.323 e. The summed E-state index contributed by atoms with van der Waals surface area (Å²) in [7, 11) is 0. The van der Waals surface area contributed by atoms with Crippen molar-refractivity contribution in [1.29, 1.82) is 0 Å². The molecule has 0 aliphatic carbocycles. The molecule has 3 rings (SSSR count). The van der Waals surface area contributed by atoms with Crippen LogP contribution in [0.15, 0.2) is 26.9 Å². The molecule has 1 atom stereocenters. The summed E-state index contributed by atoms with van der Waals surface area (Å²) in [4.78, 5) is 14.3. The van der Waals surface area contributed by atoms with Crippen molar-refractivity contribution >= 4 is 34.3 Å². The van der Waals surface area contributed by atoms with Crippen LogP contribution in [0, 0.1) is 0 Å². The highest BCUT2D eigenvalue weighted by Gasteiger charge is 2.19. The van der Waals surface area contributed by atoms with Crippen LogP contribution >= 0.6 is 0 Å². The van der Waals surface area contributed by atoms with Gasteiger partial charge in [0.15, 0.2) is 0 Å². The van der Waals surface area contributed by atoms with Gasteiger partial charge in [-0.15, -0.1) is 0 Å². The second-order valence-electron chi connectivity index (χ2n) is 5.08. The van der Waals surface area contributed by atoms with E-state index in [2.05, 4.69) is 31.2 Å². The molecule has 20 heavy (non-hydrogen) atoms. The third kappa shape index (κ3) is 2.95. The Kier molecular flexibility index (Phi) is 3.90. The van der Waals surface area contributed by atoms with Crippen LogP contribution in [0.4, 0.5) is 17.1 Å². The fourth-order valence-corrected chi connectivity index (χ4v) is 3.01. The number of hydrogen-bond acceptors (Lipinski definition) is 5. The molecule has 0 spiro atoms. The smallest absolute Gasteiger partial charge is 0.238 e. The molecule has 1 aromatic rings. The Balaban J connectivity index is 1.62. The normalized spacial score (nSPS) is 21.4. The molecule has 7 heteroatoms. The minimum atomic E-state index is -0.000370. The van der Waals surface area contributed by atoms with E-state index in [1.807, 2.05) is 18.2 Å². The molecule has 1 saturated heterocycles. The molecule has 2 aliphatic rings. The van der Waals surface area contributed by atoms with Crippen LogP contribution in [-0.4, -0.2) is 43.0 Å². The number of anilines is 1. The van der Waals surface area contributed by atoms with Crippen LogP contribution < -0.4 is 10.6 Å². The van der Waals surface area contributed by atoms with E-state index in [1.54, 1.807) is 0 Å². The average molecular weight is 291 g/mol. The lowest BCUT2D eigenvalue weighted by molar-refractivity contribution is -0.117. The molecule has 106 valence electrons. The zero-order valence-corrected chi connectivity index (χ0v) is 12.1. The van der Waals surface area contributed by atoms with Crippen molar-refractivity contribution < 1.29 is 4.79 Å². The van der Waals surface area contributed by atoms with Crippen molar-refractivity contribution in [2.75, 3.05) is 31.5 Å². The van der Waals surface area contributed by atoms with Gasteiger partial charge >= 0.3 is 0 Å². The molecule has 6 nitrogen and oxygen atoms in total. The van der Waals surface area contributed by atoms with Gasteiger partial charge in [0.05, 0.1) is 23.6 Å². The van der Waals surface area contributed by atoms with Gasteiger partial charge in [-0.25, -0.2) is 0 Å². The Morgan fingerprint density at radius 1 is 1.55 bits per heavy atom. The maximum atomic E-state index is 12.1. The molecule has 0 saturated carbocycles. The van der Waals surface area contributed by atoms with Crippen LogP contribution in [-0.2, 0) is 16.1 Å². The average Bonchev–Trinajstić information content (AvgIpc) is 2.88. The van der Waals surface area contributed by atoms with Crippen molar-refractivity contribution in [3.8, 4) is 0 Å². The minimum Gasteiger partial charge on any atom is -0.323 e. The summed E-state index contributed by atoms with van der Waals surface area (Å²) in [5.74, 6) is -0.000370. The van der Waals surface area contributed by atoms with Gasteiger partial charge in [0, 0.05) is 25.7 Å². The first kappa shape index (κ1) is 13.4. The van der Waals surface area contributed by atoms with Crippen molar-refractivity contribution in [2.45, 2.75) is 13.0 Å². The number of nitrogens with zero attached hydrogens (tertiary/aromatic N) is 3. The van der Waals surface area contributed by atoms with Crippen molar-refractivity contribution in [3.05, 3.63) is 18.2 Å². The maximum absolute atomic E-state index is 12.1. The van der Waals surface area contributed by atoms with Crippen LogP contribution in [0.3, 0.4) is 0 Å². The first-order valence-corrected chi connectivity index (χ1v) is 7.42. The van der Waals surface area contributed by atoms with Gasteiger partial charge in [0.1, 0.15) is 11.4 Å². The van der Waals surface area contributed by atoms with Crippen LogP contribution in [0.5, 0.6) is 0 Å². The fraction of sp³-hybridized carbons (Fsp3) is 0.462. The van der Waals surface area contributed by atoms with E-state index in [-0.39, 0.29) is 5.91 Å². The van der Waals surface area contributed by atoms with Gasteiger partial charge in [-0.3, -0.25) is 9.69 Å². The Morgan fingerprint density at radius 2 is 2.45 bits per heavy atom. The molecule has 0 bridgehead atoms. The molecule has 1 amide bonds. The maximum Gasteiger partial charge on any atom is 0.238 e. The first-order valence-electron chi connectivity index (χ1n) is 6.69. The number of hydrogen-bond donors (Lipinski definition) is 2. The van der Waals surface area contributed by atoms with Gasteiger partial charge in [0.25, 0.3) is 0 Å². The minimum absolute atomic E-state index is 0.000370. The molecular formula is C13H17N5OS. The van der Waals surface area contributed by atoms with Gasteiger partial charge in [0.2, 0.25) is 5.91 Å². The standard InChI is InChI=1S/C13H17N5OS/c1-9-7-18(6-5-14-9)8-12(19)15-10-3-2-4-11-13(10)17-20-16-11/h2-4,9,14H,5-8H2,1H3,(H,15,19)/t9-/m0/s1. The molecule has 0 radical (unpaired) electrons. The summed E-state index contributed by atoms with van der Waals surface area (Å²) in [5.41, 5.74) is 2.33. The van der Waals surface area contributed by atoms with Crippen molar-refractivity contribution in [2.24, 2.45) is 8.73 Å². The van der Waals surface area contributed by atoms with Gasteiger partial charge in [-0.1, -0.05) is 6.07 Å². The van der Waals surface area contributed by atoms with E-state index < -0.39 is 0 Å². The highest BCUT2D eigenvalue weighted by molar-refractivity contribution is 7.58. The summed E-state index contributed by atoms with van der Waals surface area (Å²) < 4.78 is 8.40. The van der Waals surface area contributed by atoms with E-state index in [1.165, 1.54) is 0 Å². The summed E-state index contributed by atoms with van der Waals surface area (Å²) in [6, 6.07) is 6.07. The molecule has 1 aromatic carbocycles. The number of carbonyl (C=O) groups excluding carboxylic acids is 1. The molecular weight excluding hydrogens is 274 g/mol. The molecule has 2 N–H and O–H groups in total. The number of fused-ring (bicyclic) bond motifs is 1. The van der Waals surface area contributed by atoms with Crippen LogP contribution in [0.25, 0.3) is 0 Å². The lowest BCUT2D eigenvalue weighted by Crippen LogP contribution is -2.51. The van der Waals surface area contributed by atoms with Gasteiger partial charge in [-0.05, 0) is 19.1 Å². The van der Waals surface area contributed by atoms with Crippen LogP contribution in [0.1, 0.15) is 6.92 Å². The Hall–Kier alpha value is -1.57. The third-order valence-corrected chi connectivity index (χ3v) is 3.92. The van der Waals surface area contributed by atoms with E-state index in [9.17, 15) is 4.79 Å². The molecule has 0 aromatic heterocycles. The third-order valence-electron chi connectivity index (χ3n) is 3.38. The fourth-order valence-electron chi connectivity index (χ4n) is 2.46. The number of amides is 1. The summed E-state index contributed by atoms with van der Waals surface area (Å²) in [5, 5.41) is 6.30. The number of rotatable bonds is 3. The number of nitrogens with one attached hydrogen (secondary N) is 2. The summed E-state index contributed by atoms with van der Waals surface area (Å²) in [6.07, 6.45) is 0. The van der Waals surface area contributed by atoms with Crippen LogP contribution in [0.2, 0.25) is 0 Å². The quantitative estimate of drug-likeness (QED) is 0.903. The molecule has 2 aliphatic heterocycles. The van der Waals surface area contributed by atoms with E-state index >= 15 is 0 Å². The van der Waals surface area contributed by atoms with Gasteiger partial charge < -0.3 is 10.6 Å². The highest BCUT2D eigenvalue weighted by atomic mass is 32.1. The van der Waals surface area contributed by atoms with Crippen molar-refractivity contribution in [3.63, 3.8) is 0 Å². The molecule has 1 fully saturated rings. The van der Waals surface area contributed by atoms with E-state index in [0.29, 0.717) is 12.6 Å². The number of benzene rings is 1. The second kappa shape index (κ2) is 5.82.